The number of pyridine rings is 1. The zero-order valence-electron chi connectivity index (χ0n) is 11.5. The fourth-order valence-electron chi connectivity index (χ4n) is 3.54. The number of carbonyl (C=O) groups excluding carboxylic acids is 1. The molecule has 3 heterocycles. The predicted octanol–water partition coefficient (Wildman–Crippen LogP) is 2.15. The minimum atomic E-state index is 0.167. The van der Waals surface area contributed by atoms with Gasteiger partial charge in [-0.2, -0.15) is 0 Å². The SMILES string of the molecule is COc1cc(C(=O)C2CC3CCC(C2)N3C)ccn1. The van der Waals surface area contributed by atoms with Crippen LogP contribution in [-0.4, -0.2) is 41.9 Å². The molecular weight excluding hydrogens is 240 g/mol. The minimum Gasteiger partial charge on any atom is -0.481 e. The molecular formula is C15H20N2O2. The van der Waals surface area contributed by atoms with Crippen molar-refractivity contribution in [2.45, 2.75) is 37.8 Å². The summed E-state index contributed by atoms with van der Waals surface area (Å²) in [4.78, 5) is 19.1. The van der Waals surface area contributed by atoms with Crippen molar-refractivity contribution in [2.75, 3.05) is 14.2 Å². The van der Waals surface area contributed by atoms with E-state index in [1.807, 2.05) is 0 Å². The number of rotatable bonds is 3. The molecule has 1 aromatic rings. The molecule has 2 fully saturated rings. The highest BCUT2D eigenvalue weighted by molar-refractivity contribution is 5.98. The number of nitrogens with zero attached hydrogens (tertiary/aromatic N) is 2. The fourth-order valence-corrected chi connectivity index (χ4v) is 3.54. The van der Waals surface area contributed by atoms with Crippen LogP contribution in [0.4, 0.5) is 0 Å². The average molecular weight is 260 g/mol. The van der Waals surface area contributed by atoms with E-state index in [2.05, 4.69) is 16.9 Å². The molecule has 2 aliphatic heterocycles. The molecule has 3 rings (SSSR count). The van der Waals surface area contributed by atoms with Crippen LogP contribution in [0.2, 0.25) is 0 Å². The zero-order chi connectivity index (χ0) is 13.4. The van der Waals surface area contributed by atoms with Crippen LogP contribution in [0.1, 0.15) is 36.0 Å². The van der Waals surface area contributed by atoms with Crippen LogP contribution in [0.3, 0.4) is 0 Å². The molecule has 19 heavy (non-hydrogen) atoms. The van der Waals surface area contributed by atoms with Gasteiger partial charge in [0.25, 0.3) is 0 Å². The first-order valence-corrected chi connectivity index (χ1v) is 6.95. The molecule has 0 amide bonds. The van der Waals surface area contributed by atoms with E-state index in [-0.39, 0.29) is 11.7 Å². The third-order valence-electron chi connectivity index (χ3n) is 4.70. The molecule has 0 spiro atoms. The lowest BCUT2D eigenvalue weighted by molar-refractivity contribution is 0.0766. The van der Waals surface area contributed by atoms with Crippen molar-refractivity contribution in [3.8, 4) is 5.88 Å². The highest BCUT2D eigenvalue weighted by atomic mass is 16.5. The summed E-state index contributed by atoms with van der Waals surface area (Å²) in [6, 6.07) is 4.74. The third kappa shape index (κ3) is 2.25. The molecule has 4 heteroatoms. The van der Waals surface area contributed by atoms with Gasteiger partial charge in [-0.25, -0.2) is 4.98 Å². The van der Waals surface area contributed by atoms with Gasteiger partial charge in [-0.3, -0.25) is 4.79 Å². The van der Waals surface area contributed by atoms with Crippen LogP contribution in [0.25, 0.3) is 0 Å². The summed E-state index contributed by atoms with van der Waals surface area (Å²) < 4.78 is 5.09. The summed E-state index contributed by atoms with van der Waals surface area (Å²) in [5.41, 5.74) is 0.737. The van der Waals surface area contributed by atoms with Gasteiger partial charge in [0.1, 0.15) is 0 Å². The molecule has 0 aromatic carbocycles. The lowest BCUT2D eigenvalue weighted by Crippen LogP contribution is -2.42. The Kier molecular flexibility index (Phi) is 3.27. The van der Waals surface area contributed by atoms with Gasteiger partial charge in [-0.1, -0.05) is 0 Å². The maximum absolute atomic E-state index is 12.6. The van der Waals surface area contributed by atoms with Crippen molar-refractivity contribution >= 4 is 5.78 Å². The number of piperidine rings is 1. The molecule has 2 saturated heterocycles. The van der Waals surface area contributed by atoms with Crippen LogP contribution in [-0.2, 0) is 0 Å². The number of ether oxygens (including phenoxy) is 1. The minimum absolute atomic E-state index is 0.167. The summed E-state index contributed by atoms with van der Waals surface area (Å²) in [5.74, 6) is 0.938. The normalized spacial score (nSPS) is 30.3. The van der Waals surface area contributed by atoms with E-state index in [1.54, 1.807) is 25.4 Å². The Hall–Kier alpha value is -1.42. The molecule has 0 radical (unpaired) electrons. The Bertz CT molecular complexity index is 475. The molecule has 1 aromatic heterocycles. The number of carbonyl (C=O) groups is 1. The van der Waals surface area contributed by atoms with Crippen molar-refractivity contribution in [2.24, 2.45) is 5.92 Å². The smallest absolute Gasteiger partial charge is 0.213 e. The van der Waals surface area contributed by atoms with Crippen LogP contribution in [0.15, 0.2) is 18.3 Å². The maximum atomic E-state index is 12.6. The van der Waals surface area contributed by atoms with Gasteiger partial charge in [0.15, 0.2) is 5.78 Å². The highest BCUT2D eigenvalue weighted by Crippen LogP contribution is 2.38. The first-order chi connectivity index (χ1) is 9.19. The van der Waals surface area contributed by atoms with Gasteiger partial charge in [0, 0.05) is 35.8 Å². The van der Waals surface area contributed by atoms with E-state index in [1.165, 1.54) is 12.8 Å². The van der Waals surface area contributed by atoms with E-state index in [0.29, 0.717) is 18.0 Å². The monoisotopic (exact) mass is 260 g/mol. The van der Waals surface area contributed by atoms with Crippen LogP contribution < -0.4 is 4.74 Å². The van der Waals surface area contributed by atoms with E-state index in [4.69, 9.17) is 4.74 Å². The van der Waals surface area contributed by atoms with Crippen molar-refractivity contribution in [3.05, 3.63) is 23.9 Å². The number of Topliss-reactive ketones (excluding diaryl/α,β-unsaturated/α-hetero) is 1. The van der Waals surface area contributed by atoms with Crippen LogP contribution >= 0.6 is 0 Å². The zero-order valence-corrected chi connectivity index (χ0v) is 11.5. The van der Waals surface area contributed by atoms with Crippen molar-refractivity contribution < 1.29 is 9.53 Å². The largest absolute Gasteiger partial charge is 0.481 e. The first-order valence-electron chi connectivity index (χ1n) is 6.95. The summed E-state index contributed by atoms with van der Waals surface area (Å²) in [6.45, 7) is 0. The Morgan fingerprint density at radius 1 is 1.37 bits per heavy atom. The standard InChI is InChI=1S/C15H20N2O2/c1-17-12-3-4-13(17)8-11(7-12)15(18)10-5-6-16-14(9-10)19-2/h5-6,9,11-13H,3-4,7-8H2,1-2H3. The number of aromatic nitrogens is 1. The molecule has 0 N–H and O–H groups in total. The van der Waals surface area contributed by atoms with E-state index >= 15 is 0 Å². The van der Waals surface area contributed by atoms with Crippen LogP contribution in [0, 0.1) is 5.92 Å². The quantitative estimate of drug-likeness (QED) is 0.781. The predicted molar refractivity (Wildman–Crippen MR) is 72.4 cm³/mol. The van der Waals surface area contributed by atoms with Gasteiger partial charge < -0.3 is 9.64 Å². The summed E-state index contributed by atoms with van der Waals surface area (Å²) in [5, 5.41) is 0. The van der Waals surface area contributed by atoms with Gasteiger partial charge in [0.2, 0.25) is 5.88 Å². The molecule has 2 bridgehead atoms. The van der Waals surface area contributed by atoms with E-state index < -0.39 is 0 Å². The Labute approximate surface area is 113 Å². The van der Waals surface area contributed by atoms with Gasteiger partial charge in [-0.15, -0.1) is 0 Å². The Morgan fingerprint density at radius 3 is 2.68 bits per heavy atom. The second kappa shape index (κ2) is 4.93. The van der Waals surface area contributed by atoms with E-state index in [0.717, 1.165) is 18.4 Å². The number of hydrogen-bond acceptors (Lipinski definition) is 4. The van der Waals surface area contributed by atoms with Gasteiger partial charge in [0.05, 0.1) is 7.11 Å². The van der Waals surface area contributed by atoms with E-state index in [9.17, 15) is 4.79 Å². The number of hydrogen-bond donors (Lipinski definition) is 0. The maximum Gasteiger partial charge on any atom is 0.213 e. The molecule has 2 aliphatic rings. The lowest BCUT2D eigenvalue weighted by atomic mass is 9.85. The summed E-state index contributed by atoms with van der Waals surface area (Å²) in [7, 11) is 3.77. The topological polar surface area (TPSA) is 42.4 Å². The Morgan fingerprint density at radius 2 is 2.05 bits per heavy atom. The molecule has 2 unspecified atom stereocenters. The van der Waals surface area contributed by atoms with Crippen molar-refractivity contribution in [1.82, 2.24) is 9.88 Å². The van der Waals surface area contributed by atoms with Crippen molar-refractivity contribution in [3.63, 3.8) is 0 Å². The van der Waals surface area contributed by atoms with Crippen LogP contribution in [0.5, 0.6) is 5.88 Å². The van der Waals surface area contributed by atoms with Gasteiger partial charge in [-0.05, 0) is 38.8 Å². The second-order valence-electron chi connectivity index (χ2n) is 5.67. The van der Waals surface area contributed by atoms with Gasteiger partial charge >= 0.3 is 0 Å². The lowest BCUT2D eigenvalue weighted by Gasteiger charge is -2.35. The number of methoxy groups -OCH3 is 1. The van der Waals surface area contributed by atoms with Crippen molar-refractivity contribution in [1.29, 1.82) is 0 Å². The number of fused-ring (bicyclic) bond motifs is 2. The second-order valence-corrected chi connectivity index (χ2v) is 5.67. The Balaban J connectivity index is 1.77. The molecule has 4 nitrogen and oxygen atoms in total. The molecule has 2 atom stereocenters. The number of ketones is 1. The summed E-state index contributed by atoms with van der Waals surface area (Å²) in [6.07, 6.45) is 6.12. The third-order valence-corrected chi connectivity index (χ3v) is 4.70. The average Bonchev–Trinajstić information content (AvgIpc) is 2.68. The molecule has 0 saturated carbocycles. The first kappa shape index (κ1) is 12.6. The summed E-state index contributed by atoms with van der Waals surface area (Å²) >= 11 is 0. The fraction of sp³-hybridized carbons (Fsp3) is 0.600. The molecule has 102 valence electrons. The molecule has 0 aliphatic carbocycles. The highest BCUT2D eigenvalue weighted by Gasteiger charge is 2.40.